The van der Waals surface area contributed by atoms with Crippen LogP contribution in [-0.2, 0) is 5.41 Å². The van der Waals surface area contributed by atoms with Gasteiger partial charge in [0.15, 0.2) is 0 Å². The van der Waals surface area contributed by atoms with Gasteiger partial charge in [-0.2, -0.15) is 5.10 Å². The summed E-state index contributed by atoms with van der Waals surface area (Å²) >= 11 is 0. The van der Waals surface area contributed by atoms with Crippen LogP contribution >= 0.6 is 0 Å². The van der Waals surface area contributed by atoms with E-state index >= 15 is 0 Å². The SMILES string of the molecule is C[C@](C(=N)N=C([OH2+])c1cn[nH]c1)(c1ccc(-c2cnc(N)nc2)cc1)C1CC1. The molecule has 1 fully saturated rings. The van der Waals surface area contributed by atoms with Gasteiger partial charge in [0.05, 0.1) is 11.6 Å². The fourth-order valence-corrected chi connectivity index (χ4v) is 3.40. The van der Waals surface area contributed by atoms with E-state index in [2.05, 4.69) is 25.2 Å². The molecule has 0 unspecified atom stereocenters. The summed E-state index contributed by atoms with van der Waals surface area (Å²) in [4.78, 5) is 12.4. The smallest absolute Gasteiger partial charge is 0.369 e. The molecule has 2 aromatic heterocycles. The Bertz CT molecular complexity index is 1010. The molecule has 4 rings (SSSR count). The second-order valence-corrected chi connectivity index (χ2v) is 7.18. The predicted molar refractivity (Wildman–Crippen MR) is 108 cm³/mol. The molecule has 28 heavy (non-hydrogen) atoms. The van der Waals surface area contributed by atoms with Gasteiger partial charge in [-0.05, 0) is 36.8 Å². The molecule has 0 radical (unpaired) electrons. The molecule has 8 nitrogen and oxygen atoms in total. The molecular weight excluding hydrogens is 354 g/mol. The lowest BCUT2D eigenvalue weighted by molar-refractivity contribution is 0.533. The summed E-state index contributed by atoms with van der Waals surface area (Å²) in [5, 5.41) is 23.3. The number of benzene rings is 1. The third kappa shape index (κ3) is 3.24. The van der Waals surface area contributed by atoms with Gasteiger partial charge in [0.1, 0.15) is 11.4 Å². The Labute approximate surface area is 162 Å². The third-order valence-corrected chi connectivity index (χ3v) is 5.37. The molecule has 2 heterocycles. The maximum atomic E-state index is 8.65. The van der Waals surface area contributed by atoms with Gasteiger partial charge >= 0.3 is 5.90 Å². The lowest BCUT2D eigenvalue weighted by atomic mass is 9.76. The molecule has 0 amide bonds. The highest BCUT2D eigenvalue weighted by atomic mass is 16.3. The van der Waals surface area contributed by atoms with Crippen LogP contribution < -0.4 is 5.73 Å². The fourth-order valence-electron chi connectivity index (χ4n) is 3.40. The quantitative estimate of drug-likeness (QED) is 0.357. The average Bonchev–Trinajstić information content (AvgIpc) is 3.42. The van der Waals surface area contributed by atoms with E-state index < -0.39 is 5.41 Å². The first-order valence-electron chi connectivity index (χ1n) is 9.05. The molecule has 1 aliphatic carbocycles. The van der Waals surface area contributed by atoms with Gasteiger partial charge in [-0.25, -0.2) is 9.97 Å². The van der Waals surface area contributed by atoms with Gasteiger partial charge in [-0.3, -0.25) is 10.5 Å². The number of rotatable bonds is 5. The first-order valence-corrected chi connectivity index (χ1v) is 9.05. The minimum absolute atomic E-state index is 0.0428. The molecule has 8 heteroatoms. The van der Waals surface area contributed by atoms with Crippen molar-refractivity contribution >= 4 is 17.7 Å². The van der Waals surface area contributed by atoms with Gasteiger partial charge in [0.25, 0.3) is 0 Å². The Hall–Kier alpha value is -3.55. The van der Waals surface area contributed by atoms with Crippen molar-refractivity contribution in [3.63, 3.8) is 0 Å². The molecular formula is C20H22N7O+. The van der Waals surface area contributed by atoms with E-state index in [1.165, 1.54) is 6.20 Å². The van der Waals surface area contributed by atoms with Gasteiger partial charge in [-0.15, -0.1) is 4.99 Å². The number of aliphatic imine (C=N–C) groups is 1. The van der Waals surface area contributed by atoms with Crippen LogP contribution in [0.5, 0.6) is 0 Å². The number of nitrogens with two attached hydrogens (primary N) is 1. The van der Waals surface area contributed by atoms with Crippen molar-refractivity contribution in [2.75, 3.05) is 5.73 Å². The Morgan fingerprint density at radius 3 is 2.43 bits per heavy atom. The monoisotopic (exact) mass is 376 g/mol. The van der Waals surface area contributed by atoms with Crippen molar-refractivity contribution in [2.24, 2.45) is 10.9 Å². The number of aromatic nitrogens is 4. The Balaban J connectivity index is 1.64. The molecule has 3 aromatic rings. The lowest BCUT2D eigenvalue weighted by Crippen LogP contribution is -2.34. The zero-order valence-corrected chi connectivity index (χ0v) is 15.5. The number of nitrogens with zero attached hydrogens (tertiary/aromatic N) is 4. The minimum atomic E-state index is -0.536. The van der Waals surface area contributed by atoms with Crippen molar-refractivity contribution in [2.45, 2.75) is 25.2 Å². The fraction of sp³-hybridized carbons (Fsp3) is 0.250. The van der Waals surface area contributed by atoms with Gasteiger partial charge in [0.2, 0.25) is 5.95 Å². The largest absolute Gasteiger partial charge is 0.578 e. The van der Waals surface area contributed by atoms with E-state index in [1.807, 2.05) is 31.2 Å². The Morgan fingerprint density at radius 1 is 1.18 bits per heavy atom. The molecule has 1 aliphatic rings. The minimum Gasteiger partial charge on any atom is -0.578 e. The van der Waals surface area contributed by atoms with Crippen molar-refractivity contribution in [1.29, 1.82) is 5.41 Å². The molecule has 6 N–H and O–H groups in total. The van der Waals surface area contributed by atoms with Crippen LogP contribution in [0.25, 0.3) is 11.1 Å². The first kappa shape index (κ1) is 17.8. The average molecular weight is 376 g/mol. The third-order valence-electron chi connectivity index (χ3n) is 5.37. The molecule has 1 aromatic carbocycles. The van der Waals surface area contributed by atoms with Gasteiger partial charge in [-0.1, -0.05) is 24.3 Å². The maximum absolute atomic E-state index is 8.65. The summed E-state index contributed by atoms with van der Waals surface area (Å²) < 4.78 is 0. The summed E-state index contributed by atoms with van der Waals surface area (Å²) in [6.45, 7) is 2.04. The number of hydrogen-bond donors (Lipinski definition) is 3. The Morgan fingerprint density at radius 2 is 1.86 bits per heavy atom. The highest BCUT2D eigenvalue weighted by molar-refractivity contribution is 6.04. The van der Waals surface area contributed by atoms with Crippen LogP contribution in [-0.4, -0.2) is 37.0 Å². The number of H-pyrrole nitrogens is 1. The van der Waals surface area contributed by atoms with Crippen LogP contribution in [0.1, 0.15) is 30.9 Å². The van der Waals surface area contributed by atoms with Crippen molar-refractivity contribution < 1.29 is 5.11 Å². The summed E-state index contributed by atoms with van der Waals surface area (Å²) in [7, 11) is 0. The molecule has 0 aliphatic heterocycles. The molecule has 1 saturated carbocycles. The predicted octanol–water partition coefficient (Wildman–Crippen LogP) is 2.27. The summed E-state index contributed by atoms with van der Waals surface area (Å²) in [6, 6.07) is 8.05. The van der Waals surface area contributed by atoms with E-state index in [-0.39, 0.29) is 17.7 Å². The van der Waals surface area contributed by atoms with Crippen LogP contribution in [0.4, 0.5) is 5.95 Å². The second kappa shape index (κ2) is 6.88. The maximum Gasteiger partial charge on any atom is 0.369 e. The zero-order chi connectivity index (χ0) is 19.7. The van der Waals surface area contributed by atoms with Crippen LogP contribution in [0, 0.1) is 11.3 Å². The van der Waals surface area contributed by atoms with E-state index in [9.17, 15) is 0 Å². The summed E-state index contributed by atoms with van der Waals surface area (Å²) in [5.74, 6) is 0.842. The molecule has 0 bridgehead atoms. The Kier molecular flexibility index (Phi) is 4.38. The highest BCUT2D eigenvalue weighted by Crippen LogP contribution is 2.48. The number of nitrogen functional groups attached to an aromatic ring is 1. The number of hydrogen-bond acceptors (Lipinski definition) is 5. The molecule has 0 spiro atoms. The van der Waals surface area contributed by atoms with E-state index in [0.29, 0.717) is 11.5 Å². The number of anilines is 1. The molecule has 142 valence electrons. The normalized spacial score (nSPS) is 16.5. The van der Waals surface area contributed by atoms with Crippen LogP contribution in [0.3, 0.4) is 0 Å². The number of nitrogens with one attached hydrogen (secondary N) is 2. The van der Waals surface area contributed by atoms with Crippen LogP contribution in [0.2, 0.25) is 0 Å². The number of aromatic amines is 1. The first-order chi connectivity index (χ1) is 13.5. The second-order valence-electron chi connectivity index (χ2n) is 7.18. The summed E-state index contributed by atoms with van der Waals surface area (Å²) in [5.41, 5.74) is 8.48. The zero-order valence-electron chi connectivity index (χ0n) is 15.5. The van der Waals surface area contributed by atoms with E-state index in [4.69, 9.17) is 16.2 Å². The highest BCUT2D eigenvalue weighted by Gasteiger charge is 2.46. The number of amidine groups is 1. The molecule has 1 atom stereocenters. The van der Waals surface area contributed by atoms with Gasteiger partial charge < -0.3 is 10.8 Å². The van der Waals surface area contributed by atoms with E-state index in [1.54, 1.807) is 18.6 Å². The standard InChI is InChI=1S/C20H21N7O/c1-20(16-6-7-16,18(21)27-17(28)14-10-25-26-11-14)15-4-2-12(3-5-15)13-8-23-19(22)24-9-13/h2-5,8-11,16H,6-7H2,1H3,(H,25,26)(H2,21,27,28)(H2,22,23,24)/p+1/t20-/m0/s1. The van der Waals surface area contributed by atoms with Crippen LogP contribution in [0.15, 0.2) is 54.0 Å². The topological polar surface area (TPSA) is 140 Å². The van der Waals surface area contributed by atoms with Crippen molar-refractivity contribution in [3.05, 3.63) is 60.2 Å². The van der Waals surface area contributed by atoms with Crippen molar-refractivity contribution in [1.82, 2.24) is 20.2 Å². The summed E-state index contributed by atoms with van der Waals surface area (Å²) in [6.07, 6.45) is 8.65. The van der Waals surface area contributed by atoms with Crippen molar-refractivity contribution in [3.8, 4) is 11.1 Å². The van der Waals surface area contributed by atoms with E-state index in [0.717, 1.165) is 29.5 Å². The molecule has 0 saturated heterocycles. The van der Waals surface area contributed by atoms with Gasteiger partial charge in [0, 0.05) is 24.2 Å². The lowest BCUT2D eigenvalue weighted by Gasteiger charge is -2.28.